The van der Waals surface area contributed by atoms with Crippen LogP contribution in [0.15, 0.2) is 54.6 Å². The predicted octanol–water partition coefficient (Wildman–Crippen LogP) is 3.15. The van der Waals surface area contributed by atoms with Gasteiger partial charge in [-0.05, 0) is 43.1 Å². The Morgan fingerprint density at radius 1 is 1.13 bits per heavy atom. The van der Waals surface area contributed by atoms with E-state index in [0.717, 1.165) is 50.1 Å². The lowest BCUT2D eigenvalue weighted by Gasteiger charge is -2.49. The van der Waals surface area contributed by atoms with Gasteiger partial charge in [-0.15, -0.1) is 0 Å². The number of benzene rings is 2. The number of hydrogen-bond acceptors (Lipinski definition) is 4. The molecule has 5 nitrogen and oxygen atoms in total. The van der Waals surface area contributed by atoms with Crippen molar-refractivity contribution in [2.75, 3.05) is 40.3 Å². The summed E-state index contributed by atoms with van der Waals surface area (Å²) < 4.78 is 20.0. The number of piperidine rings is 1. The molecule has 0 radical (unpaired) electrons. The molecule has 1 spiro atoms. The number of nitrogens with zero attached hydrogens (tertiary/aromatic N) is 3. The molecule has 4 rings (SSSR count). The Labute approximate surface area is 184 Å². The van der Waals surface area contributed by atoms with Crippen molar-refractivity contribution in [1.29, 1.82) is 0 Å². The Bertz CT molecular complexity index is 883. The molecule has 0 bridgehead atoms. The Hall–Kier alpha value is -2.28. The van der Waals surface area contributed by atoms with Crippen LogP contribution in [0.3, 0.4) is 0 Å². The number of rotatable bonds is 5. The third-order valence-corrected chi connectivity index (χ3v) is 6.40. The molecule has 2 heterocycles. The van der Waals surface area contributed by atoms with Crippen LogP contribution >= 0.6 is 0 Å². The number of halogens is 1. The number of carbonyl (C=O) groups excluding carboxylic acids is 1. The first-order valence-corrected chi connectivity index (χ1v) is 11.0. The van der Waals surface area contributed by atoms with Gasteiger partial charge in [-0.2, -0.15) is 0 Å². The standard InChI is InChI=1S/C25H32FN3O2/c1-27-18-23(24(30)28(2)16-20-7-4-3-5-8-20)31-25(19-27)11-13-29(14-12-25)17-21-9-6-10-22(26)15-21/h3-10,15,23H,11-14,16-19H2,1-2H3/t23-/m0/s1. The first-order chi connectivity index (χ1) is 14.9. The van der Waals surface area contributed by atoms with Gasteiger partial charge in [0.25, 0.3) is 5.91 Å². The summed E-state index contributed by atoms with van der Waals surface area (Å²) in [5, 5.41) is 0. The largest absolute Gasteiger partial charge is 0.359 e. The van der Waals surface area contributed by atoms with E-state index in [0.29, 0.717) is 13.1 Å². The van der Waals surface area contributed by atoms with Gasteiger partial charge in [0, 0.05) is 46.3 Å². The van der Waals surface area contributed by atoms with Crippen LogP contribution in [0.4, 0.5) is 4.39 Å². The fourth-order valence-electron chi connectivity index (χ4n) is 4.81. The molecule has 0 aliphatic carbocycles. The van der Waals surface area contributed by atoms with Gasteiger partial charge in [-0.25, -0.2) is 4.39 Å². The van der Waals surface area contributed by atoms with Crippen LogP contribution in [0, 0.1) is 5.82 Å². The smallest absolute Gasteiger partial charge is 0.253 e. The minimum atomic E-state index is -0.442. The Kier molecular flexibility index (Phi) is 6.70. The average molecular weight is 426 g/mol. The number of ether oxygens (including phenoxy) is 1. The predicted molar refractivity (Wildman–Crippen MR) is 119 cm³/mol. The second kappa shape index (κ2) is 9.47. The SMILES string of the molecule is CN1C[C@@H](C(=O)N(C)Cc2ccccc2)OC2(CCN(Cc3cccc(F)c3)CC2)C1. The number of amides is 1. The van der Waals surface area contributed by atoms with Gasteiger partial charge < -0.3 is 14.5 Å². The zero-order valence-corrected chi connectivity index (χ0v) is 18.5. The second-order valence-electron chi connectivity index (χ2n) is 9.07. The highest BCUT2D eigenvalue weighted by molar-refractivity contribution is 5.81. The molecule has 166 valence electrons. The fourth-order valence-corrected chi connectivity index (χ4v) is 4.81. The van der Waals surface area contributed by atoms with Crippen molar-refractivity contribution in [3.8, 4) is 0 Å². The van der Waals surface area contributed by atoms with Gasteiger partial charge in [0.2, 0.25) is 0 Å². The van der Waals surface area contributed by atoms with Crippen LogP contribution in [0.25, 0.3) is 0 Å². The molecule has 31 heavy (non-hydrogen) atoms. The van der Waals surface area contributed by atoms with E-state index in [1.807, 2.05) is 43.4 Å². The third-order valence-electron chi connectivity index (χ3n) is 6.40. The van der Waals surface area contributed by atoms with E-state index in [1.54, 1.807) is 17.0 Å². The molecule has 0 unspecified atom stereocenters. The van der Waals surface area contributed by atoms with Gasteiger partial charge in [0.15, 0.2) is 0 Å². The van der Waals surface area contributed by atoms with E-state index >= 15 is 0 Å². The molecule has 0 N–H and O–H groups in total. The summed E-state index contributed by atoms with van der Waals surface area (Å²) in [6.07, 6.45) is 1.31. The van der Waals surface area contributed by atoms with E-state index in [2.05, 4.69) is 16.8 Å². The topological polar surface area (TPSA) is 36.0 Å². The molecule has 0 aromatic heterocycles. The average Bonchev–Trinajstić information content (AvgIpc) is 2.75. The monoisotopic (exact) mass is 425 g/mol. The fraction of sp³-hybridized carbons (Fsp3) is 0.480. The maximum Gasteiger partial charge on any atom is 0.253 e. The van der Waals surface area contributed by atoms with Crippen molar-refractivity contribution < 1.29 is 13.9 Å². The molecule has 1 amide bonds. The lowest BCUT2D eigenvalue weighted by molar-refractivity contribution is -0.188. The Morgan fingerprint density at radius 3 is 2.55 bits per heavy atom. The molecular weight excluding hydrogens is 393 g/mol. The number of hydrogen-bond donors (Lipinski definition) is 0. The molecule has 1 atom stereocenters. The number of morpholine rings is 1. The highest BCUT2D eigenvalue weighted by Crippen LogP contribution is 2.33. The number of likely N-dealkylation sites (N-methyl/N-ethyl adjacent to an activating group) is 2. The Morgan fingerprint density at radius 2 is 1.84 bits per heavy atom. The summed E-state index contributed by atoms with van der Waals surface area (Å²) in [7, 11) is 3.92. The zero-order chi connectivity index (χ0) is 21.8. The van der Waals surface area contributed by atoms with Crippen molar-refractivity contribution in [2.24, 2.45) is 0 Å². The van der Waals surface area contributed by atoms with E-state index in [1.165, 1.54) is 6.07 Å². The number of likely N-dealkylation sites (tertiary alicyclic amines) is 1. The second-order valence-corrected chi connectivity index (χ2v) is 9.07. The van der Waals surface area contributed by atoms with E-state index in [9.17, 15) is 9.18 Å². The summed E-state index contributed by atoms with van der Waals surface area (Å²) in [5.41, 5.74) is 1.82. The first-order valence-electron chi connectivity index (χ1n) is 11.0. The highest BCUT2D eigenvalue weighted by Gasteiger charge is 2.44. The van der Waals surface area contributed by atoms with Gasteiger partial charge in [-0.1, -0.05) is 42.5 Å². The molecular formula is C25H32FN3O2. The highest BCUT2D eigenvalue weighted by atomic mass is 19.1. The molecule has 2 aliphatic rings. The first kappa shape index (κ1) is 21.9. The molecule has 2 saturated heterocycles. The van der Waals surface area contributed by atoms with Gasteiger partial charge in [0.1, 0.15) is 11.9 Å². The summed E-state index contributed by atoms with van der Waals surface area (Å²) in [4.78, 5) is 19.5. The summed E-state index contributed by atoms with van der Waals surface area (Å²) >= 11 is 0. The summed E-state index contributed by atoms with van der Waals surface area (Å²) in [5.74, 6) is -0.152. The third kappa shape index (κ3) is 5.50. The van der Waals surface area contributed by atoms with Gasteiger partial charge >= 0.3 is 0 Å². The van der Waals surface area contributed by atoms with Gasteiger partial charge in [-0.3, -0.25) is 9.69 Å². The van der Waals surface area contributed by atoms with Crippen molar-refractivity contribution in [2.45, 2.75) is 37.6 Å². The van der Waals surface area contributed by atoms with Crippen LogP contribution in [0.5, 0.6) is 0 Å². The zero-order valence-electron chi connectivity index (χ0n) is 18.5. The van der Waals surface area contributed by atoms with Crippen molar-refractivity contribution >= 4 is 5.91 Å². The molecule has 6 heteroatoms. The maximum atomic E-state index is 13.5. The lowest BCUT2D eigenvalue weighted by atomic mass is 9.88. The maximum absolute atomic E-state index is 13.5. The molecule has 2 aromatic carbocycles. The summed E-state index contributed by atoms with van der Waals surface area (Å²) in [6, 6.07) is 16.8. The quantitative estimate of drug-likeness (QED) is 0.738. The molecule has 2 aromatic rings. The van der Waals surface area contributed by atoms with Crippen molar-refractivity contribution in [3.05, 3.63) is 71.5 Å². The van der Waals surface area contributed by atoms with Crippen LogP contribution < -0.4 is 0 Å². The minimum absolute atomic E-state index is 0.0389. The van der Waals surface area contributed by atoms with E-state index in [4.69, 9.17) is 4.74 Å². The van der Waals surface area contributed by atoms with Crippen LogP contribution in [-0.4, -0.2) is 72.6 Å². The minimum Gasteiger partial charge on any atom is -0.359 e. The van der Waals surface area contributed by atoms with Gasteiger partial charge in [0.05, 0.1) is 5.60 Å². The molecule has 0 saturated carbocycles. The van der Waals surface area contributed by atoms with E-state index in [-0.39, 0.29) is 17.3 Å². The van der Waals surface area contributed by atoms with Crippen LogP contribution in [0.2, 0.25) is 0 Å². The van der Waals surface area contributed by atoms with Crippen LogP contribution in [0.1, 0.15) is 24.0 Å². The van der Waals surface area contributed by atoms with Crippen molar-refractivity contribution in [3.63, 3.8) is 0 Å². The lowest BCUT2D eigenvalue weighted by Crippen LogP contribution is -2.61. The summed E-state index contributed by atoms with van der Waals surface area (Å²) in [6.45, 7) is 4.54. The van der Waals surface area contributed by atoms with Crippen LogP contribution in [-0.2, 0) is 22.6 Å². The Balaban J connectivity index is 1.35. The number of carbonyl (C=O) groups is 1. The van der Waals surface area contributed by atoms with E-state index < -0.39 is 6.10 Å². The molecule has 2 aliphatic heterocycles. The molecule has 2 fully saturated rings. The normalized spacial score (nSPS) is 21.8. The van der Waals surface area contributed by atoms with Crippen molar-refractivity contribution in [1.82, 2.24) is 14.7 Å².